The van der Waals surface area contributed by atoms with E-state index in [0.29, 0.717) is 57.3 Å². The highest BCUT2D eigenvalue weighted by atomic mass is 16.6. The Bertz CT molecular complexity index is 1010. The molecule has 0 aromatic heterocycles. The summed E-state index contributed by atoms with van der Waals surface area (Å²) >= 11 is 0. The molecule has 1 aliphatic rings. The molecule has 1 aromatic carbocycles. The van der Waals surface area contributed by atoms with Crippen molar-refractivity contribution >= 4 is 12.0 Å². The first kappa shape index (κ1) is 38.6. The second-order valence-corrected chi connectivity index (χ2v) is 13.3. The van der Waals surface area contributed by atoms with Gasteiger partial charge in [-0.05, 0) is 69.6 Å². The predicted octanol–water partition coefficient (Wildman–Crippen LogP) is 4.04. The van der Waals surface area contributed by atoms with E-state index in [4.69, 9.17) is 23.7 Å². The maximum Gasteiger partial charge on any atom is 0.407 e. The van der Waals surface area contributed by atoms with Crippen LogP contribution in [0.3, 0.4) is 0 Å². The number of rotatable bonds is 19. The van der Waals surface area contributed by atoms with Gasteiger partial charge in [-0.25, -0.2) is 4.79 Å². The summed E-state index contributed by atoms with van der Waals surface area (Å²) in [6.07, 6.45) is 0.629. The molecule has 0 unspecified atom stereocenters. The third-order valence-electron chi connectivity index (χ3n) is 8.02. The summed E-state index contributed by atoms with van der Waals surface area (Å²) in [5.74, 6) is 1.13. The first-order valence-electron chi connectivity index (χ1n) is 16.4. The number of ether oxygens (including phenoxy) is 5. The number of carbonyl (C=O) groups is 2. The molecule has 3 N–H and O–H groups in total. The van der Waals surface area contributed by atoms with Crippen LogP contribution >= 0.6 is 0 Å². The number of carbonyl (C=O) groups excluding carboxylic acids is 2. The normalized spacial score (nSPS) is 16.8. The molecule has 0 aliphatic carbocycles. The van der Waals surface area contributed by atoms with Gasteiger partial charge in [0.05, 0.1) is 39.1 Å². The molecule has 0 saturated carbocycles. The van der Waals surface area contributed by atoms with Gasteiger partial charge in [-0.2, -0.15) is 0 Å². The Morgan fingerprint density at radius 2 is 1.76 bits per heavy atom. The van der Waals surface area contributed by atoms with Crippen LogP contribution in [0.5, 0.6) is 11.5 Å². The number of aliphatic hydroxyl groups is 1. The van der Waals surface area contributed by atoms with Gasteiger partial charge in [0, 0.05) is 52.2 Å². The zero-order valence-electron chi connectivity index (χ0n) is 28.9. The van der Waals surface area contributed by atoms with Gasteiger partial charge in [0.2, 0.25) is 5.91 Å². The van der Waals surface area contributed by atoms with E-state index >= 15 is 0 Å². The van der Waals surface area contributed by atoms with Crippen LogP contribution in [0.25, 0.3) is 0 Å². The summed E-state index contributed by atoms with van der Waals surface area (Å²) in [4.78, 5) is 28.1. The molecule has 1 fully saturated rings. The Labute approximate surface area is 270 Å². The summed E-state index contributed by atoms with van der Waals surface area (Å²) in [5, 5.41) is 17.4. The quantitative estimate of drug-likeness (QED) is 0.193. The van der Waals surface area contributed by atoms with E-state index in [9.17, 15) is 14.7 Å². The average molecular weight is 638 g/mol. The number of nitrogens with zero attached hydrogens (tertiary/aromatic N) is 1. The van der Waals surface area contributed by atoms with Crippen LogP contribution in [0.1, 0.15) is 66.4 Å². The van der Waals surface area contributed by atoms with Crippen molar-refractivity contribution in [2.45, 2.75) is 85.0 Å². The minimum Gasteiger partial charge on any atom is -0.493 e. The molecule has 0 spiro atoms. The van der Waals surface area contributed by atoms with Crippen LogP contribution < -0.4 is 20.1 Å². The second-order valence-electron chi connectivity index (χ2n) is 13.3. The minimum atomic E-state index is -0.950. The van der Waals surface area contributed by atoms with Gasteiger partial charge in [0.25, 0.3) is 0 Å². The van der Waals surface area contributed by atoms with Crippen molar-refractivity contribution in [3.8, 4) is 11.5 Å². The smallest absolute Gasteiger partial charge is 0.407 e. The van der Waals surface area contributed by atoms with Crippen LogP contribution in [0.4, 0.5) is 4.79 Å². The minimum absolute atomic E-state index is 0.104. The zero-order chi connectivity index (χ0) is 33.4. The largest absolute Gasteiger partial charge is 0.493 e. The number of methoxy groups -OCH3 is 2. The van der Waals surface area contributed by atoms with E-state index in [1.54, 1.807) is 35.0 Å². The zero-order valence-corrected chi connectivity index (χ0v) is 28.9. The molecular formula is C34H59N3O8. The maximum atomic E-state index is 12.9. The van der Waals surface area contributed by atoms with E-state index < -0.39 is 29.8 Å². The molecule has 11 nitrogen and oxygen atoms in total. The lowest BCUT2D eigenvalue weighted by atomic mass is 9.82. The maximum absolute atomic E-state index is 12.9. The van der Waals surface area contributed by atoms with Crippen LogP contribution in [0, 0.1) is 17.8 Å². The first-order valence-corrected chi connectivity index (χ1v) is 16.4. The number of hydrogen-bond acceptors (Lipinski definition) is 9. The van der Waals surface area contributed by atoms with Gasteiger partial charge < -0.3 is 39.4 Å². The molecule has 1 aliphatic heterocycles. The fourth-order valence-electron chi connectivity index (χ4n) is 5.31. The summed E-state index contributed by atoms with van der Waals surface area (Å²) < 4.78 is 27.6. The lowest BCUT2D eigenvalue weighted by Gasteiger charge is -2.32. The molecule has 0 radical (unpaired) electrons. The fourth-order valence-corrected chi connectivity index (χ4v) is 5.31. The van der Waals surface area contributed by atoms with E-state index in [-0.39, 0.29) is 24.2 Å². The van der Waals surface area contributed by atoms with Crippen molar-refractivity contribution < 1.29 is 38.4 Å². The van der Waals surface area contributed by atoms with Gasteiger partial charge in [0.1, 0.15) is 5.60 Å². The third kappa shape index (κ3) is 15.0. The Morgan fingerprint density at radius 3 is 2.38 bits per heavy atom. The molecular weight excluding hydrogens is 578 g/mol. The van der Waals surface area contributed by atoms with Crippen molar-refractivity contribution in [3.63, 3.8) is 0 Å². The van der Waals surface area contributed by atoms with Crippen LogP contribution in [0.2, 0.25) is 0 Å². The lowest BCUT2D eigenvalue weighted by molar-refractivity contribution is -0.125. The van der Waals surface area contributed by atoms with Gasteiger partial charge in [-0.3, -0.25) is 9.69 Å². The first-order chi connectivity index (χ1) is 21.3. The monoisotopic (exact) mass is 637 g/mol. The van der Waals surface area contributed by atoms with Crippen LogP contribution in [0.15, 0.2) is 18.2 Å². The van der Waals surface area contributed by atoms with Gasteiger partial charge >= 0.3 is 6.09 Å². The van der Waals surface area contributed by atoms with E-state index in [1.807, 2.05) is 25.1 Å². The van der Waals surface area contributed by atoms with Crippen molar-refractivity contribution in [2.75, 3.05) is 66.8 Å². The van der Waals surface area contributed by atoms with E-state index in [0.717, 1.165) is 31.6 Å². The number of morpholine rings is 1. The van der Waals surface area contributed by atoms with Crippen molar-refractivity contribution in [1.82, 2.24) is 15.5 Å². The third-order valence-corrected chi connectivity index (χ3v) is 8.02. The molecule has 11 heteroatoms. The van der Waals surface area contributed by atoms with Gasteiger partial charge in [-0.15, -0.1) is 0 Å². The molecule has 0 bridgehead atoms. The van der Waals surface area contributed by atoms with Crippen molar-refractivity contribution in [2.24, 2.45) is 17.8 Å². The molecule has 258 valence electrons. The highest BCUT2D eigenvalue weighted by Crippen LogP contribution is 2.32. The summed E-state index contributed by atoms with van der Waals surface area (Å²) in [6, 6.07) is 5.31. The molecule has 1 heterocycles. The van der Waals surface area contributed by atoms with E-state index in [2.05, 4.69) is 29.4 Å². The Balaban J connectivity index is 2.12. The highest BCUT2D eigenvalue weighted by molar-refractivity contribution is 5.78. The number of benzene rings is 1. The van der Waals surface area contributed by atoms with Gasteiger partial charge in [-0.1, -0.05) is 26.8 Å². The lowest BCUT2D eigenvalue weighted by Crippen LogP contribution is -2.48. The van der Waals surface area contributed by atoms with Gasteiger partial charge in [0.15, 0.2) is 11.5 Å². The Hall–Kier alpha value is -2.60. The van der Waals surface area contributed by atoms with E-state index in [1.165, 1.54) is 0 Å². The topological polar surface area (TPSA) is 128 Å². The second kappa shape index (κ2) is 19.8. The molecule has 45 heavy (non-hydrogen) atoms. The van der Waals surface area contributed by atoms with Crippen LogP contribution in [-0.4, -0.2) is 107 Å². The molecule has 1 aromatic rings. The number of hydrogen-bond donors (Lipinski definition) is 3. The number of amides is 2. The summed E-state index contributed by atoms with van der Waals surface area (Å²) in [6.45, 7) is 17.0. The highest BCUT2D eigenvalue weighted by Gasteiger charge is 2.31. The number of nitrogens with one attached hydrogen (secondary N) is 2. The number of aliphatic hydroxyl groups excluding tert-OH is 1. The molecule has 2 amide bonds. The predicted molar refractivity (Wildman–Crippen MR) is 175 cm³/mol. The molecule has 4 atom stereocenters. The SMILES string of the molecule is COCCCOc1cc(C[C@@H](C[C@H](NC(=O)OC(C)(C)C)[C@@H](O)C[C@@H](C)C(=O)NCCN2CCOCC2)C(C)C)ccc1OC. The van der Waals surface area contributed by atoms with Crippen LogP contribution in [-0.2, 0) is 25.4 Å². The number of alkyl carbamates (subject to hydrolysis) is 1. The average Bonchev–Trinajstić information content (AvgIpc) is 2.98. The van der Waals surface area contributed by atoms with Crippen molar-refractivity contribution in [1.29, 1.82) is 0 Å². The Kier molecular flexibility index (Phi) is 17.0. The standard InChI is InChI=1S/C34H59N3O8/c1-24(2)27(21-26-10-11-30(42-8)31(22-26)44-17-9-16-41-7)23-28(36-33(40)45-34(4,5)6)29(38)20-25(3)32(39)35-12-13-37-14-18-43-19-15-37/h10-11,22,24-25,27-29,38H,9,12-21,23H2,1-8H3,(H,35,39)(H,36,40)/t25-,27+,28+,29+/m1/s1. The Morgan fingerprint density at radius 1 is 1.04 bits per heavy atom. The molecule has 2 rings (SSSR count). The fraction of sp³-hybridized carbons (Fsp3) is 0.765. The summed E-state index contributed by atoms with van der Waals surface area (Å²) in [7, 11) is 3.28. The molecule has 1 saturated heterocycles. The van der Waals surface area contributed by atoms with Crippen molar-refractivity contribution in [3.05, 3.63) is 23.8 Å². The summed E-state index contributed by atoms with van der Waals surface area (Å²) in [5.41, 5.74) is 0.378.